The maximum Gasteiger partial charge on any atom is 0.239 e. The summed E-state index contributed by atoms with van der Waals surface area (Å²) >= 11 is 4.56. The number of amides is 1. The fraction of sp³-hybridized carbons (Fsp3) is 0.222. The molecular formula is C18H17N5OS3. The normalized spacial score (nSPS) is 11.2. The fourth-order valence-electron chi connectivity index (χ4n) is 2.66. The van der Waals surface area contributed by atoms with Gasteiger partial charge in [0, 0.05) is 13.6 Å². The Balaban J connectivity index is 1.48. The van der Waals surface area contributed by atoms with Crippen LogP contribution in [0.1, 0.15) is 6.92 Å². The highest BCUT2D eigenvalue weighted by atomic mass is 32.2. The van der Waals surface area contributed by atoms with E-state index >= 15 is 0 Å². The predicted octanol–water partition coefficient (Wildman–Crippen LogP) is 4.30. The highest BCUT2D eigenvalue weighted by molar-refractivity contribution is 7.99. The van der Waals surface area contributed by atoms with Crippen molar-refractivity contribution in [3.8, 4) is 10.7 Å². The zero-order valence-corrected chi connectivity index (χ0v) is 17.3. The molecular weight excluding hydrogens is 398 g/mol. The Morgan fingerprint density at radius 1 is 1.22 bits per heavy atom. The lowest BCUT2D eigenvalue weighted by molar-refractivity contribution is -0.116. The molecule has 0 aliphatic carbocycles. The molecule has 0 bridgehead atoms. The topological polar surface area (TPSA) is 63.9 Å². The first kappa shape index (κ1) is 18.1. The minimum absolute atomic E-state index is 0.0160. The lowest BCUT2D eigenvalue weighted by atomic mass is 10.3. The van der Waals surface area contributed by atoms with Crippen molar-refractivity contribution in [1.82, 2.24) is 19.7 Å². The average molecular weight is 416 g/mol. The van der Waals surface area contributed by atoms with Crippen LogP contribution in [0.5, 0.6) is 0 Å². The maximum absolute atomic E-state index is 12.8. The van der Waals surface area contributed by atoms with E-state index in [0.29, 0.717) is 12.3 Å². The SMILES string of the molecule is CCN(C(=O)CSc1nnc(-c2cccs2)n1C)c1nc2ccccc2s1. The van der Waals surface area contributed by atoms with E-state index in [0.717, 1.165) is 31.2 Å². The first-order valence-electron chi connectivity index (χ1n) is 8.39. The van der Waals surface area contributed by atoms with Gasteiger partial charge < -0.3 is 4.57 Å². The quantitative estimate of drug-likeness (QED) is 0.439. The predicted molar refractivity (Wildman–Crippen MR) is 113 cm³/mol. The number of thioether (sulfide) groups is 1. The second kappa shape index (κ2) is 7.79. The molecule has 0 saturated carbocycles. The van der Waals surface area contributed by atoms with E-state index in [4.69, 9.17) is 0 Å². The number of fused-ring (bicyclic) bond motifs is 1. The number of carbonyl (C=O) groups is 1. The molecule has 0 unspecified atom stereocenters. The largest absolute Gasteiger partial charge is 0.304 e. The number of anilines is 1. The molecule has 0 fully saturated rings. The molecule has 0 aliphatic heterocycles. The number of hydrogen-bond donors (Lipinski definition) is 0. The fourth-order valence-corrected chi connectivity index (χ4v) is 5.24. The number of thiophene rings is 1. The number of benzene rings is 1. The lowest BCUT2D eigenvalue weighted by Crippen LogP contribution is -2.32. The van der Waals surface area contributed by atoms with E-state index in [9.17, 15) is 4.79 Å². The van der Waals surface area contributed by atoms with Gasteiger partial charge in [0.05, 0.1) is 20.8 Å². The van der Waals surface area contributed by atoms with Crippen LogP contribution < -0.4 is 4.90 Å². The van der Waals surface area contributed by atoms with E-state index < -0.39 is 0 Å². The van der Waals surface area contributed by atoms with Gasteiger partial charge in [0.15, 0.2) is 16.1 Å². The molecule has 9 heteroatoms. The summed E-state index contributed by atoms with van der Waals surface area (Å²) < 4.78 is 3.01. The molecule has 0 aliphatic rings. The van der Waals surface area contributed by atoms with Crippen molar-refractivity contribution in [2.24, 2.45) is 7.05 Å². The van der Waals surface area contributed by atoms with Crippen molar-refractivity contribution in [2.75, 3.05) is 17.2 Å². The second-order valence-corrected chi connectivity index (χ2v) is 8.63. The molecule has 0 atom stereocenters. The number of para-hydroxylation sites is 1. The Bertz CT molecular complexity index is 1040. The van der Waals surface area contributed by atoms with E-state index in [1.54, 1.807) is 16.2 Å². The van der Waals surface area contributed by atoms with Crippen LogP contribution in [0.2, 0.25) is 0 Å². The Kier molecular flexibility index (Phi) is 5.24. The number of thiazole rings is 1. The number of aromatic nitrogens is 4. The minimum atomic E-state index is 0.0160. The zero-order valence-electron chi connectivity index (χ0n) is 14.8. The Morgan fingerprint density at radius 2 is 2.07 bits per heavy atom. The first-order valence-corrected chi connectivity index (χ1v) is 11.1. The molecule has 0 radical (unpaired) electrons. The smallest absolute Gasteiger partial charge is 0.239 e. The van der Waals surface area contributed by atoms with E-state index in [1.807, 2.05) is 60.3 Å². The van der Waals surface area contributed by atoms with Crippen LogP contribution in [-0.2, 0) is 11.8 Å². The summed E-state index contributed by atoms with van der Waals surface area (Å²) in [6.07, 6.45) is 0. The van der Waals surface area contributed by atoms with Gasteiger partial charge in [-0.3, -0.25) is 9.69 Å². The third kappa shape index (κ3) is 3.62. The van der Waals surface area contributed by atoms with Gasteiger partial charge in [-0.2, -0.15) is 0 Å². The molecule has 0 saturated heterocycles. The molecule has 3 heterocycles. The summed E-state index contributed by atoms with van der Waals surface area (Å²) in [5.41, 5.74) is 0.922. The Hall–Kier alpha value is -2.23. The summed E-state index contributed by atoms with van der Waals surface area (Å²) in [5, 5.41) is 12.0. The Morgan fingerprint density at radius 3 is 2.81 bits per heavy atom. The van der Waals surface area contributed by atoms with Gasteiger partial charge in [0.1, 0.15) is 0 Å². The van der Waals surface area contributed by atoms with Crippen LogP contribution in [0.15, 0.2) is 46.9 Å². The molecule has 6 nitrogen and oxygen atoms in total. The van der Waals surface area contributed by atoms with Crippen LogP contribution >= 0.6 is 34.4 Å². The van der Waals surface area contributed by atoms with Gasteiger partial charge in [-0.25, -0.2) is 4.98 Å². The maximum atomic E-state index is 12.8. The van der Waals surface area contributed by atoms with Gasteiger partial charge in [-0.15, -0.1) is 21.5 Å². The molecule has 138 valence electrons. The standard InChI is InChI=1S/C18H17N5OS3/c1-3-23(17-19-12-7-4-5-8-13(12)27-17)15(24)11-26-18-21-20-16(22(18)2)14-9-6-10-25-14/h4-10H,3,11H2,1-2H3. The van der Waals surface area contributed by atoms with E-state index in [-0.39, 0.29) is 5.91 Å². The van der Waals surface area contributed by atoms with Crippen LogP contribution in [-0.4, -0.2) is 38.0 Å². The summed E-state index contributed by atoms with van der Waals surface area (Å²) in [7, 11) is 1.92. The molecule has 27 heavy (non-hydrogen) atoms. The summed E-state index contributed by atoms with van der Waals surface area (Å²) in [4.78, 5) is 20.2. The monoisotopic (exact) mass is 415 g/mol. The van der Waals surface area contributed by atoms with Gasteiger partial charge in [-0.05, 0) is 30.5 Å². The average Bonchev–Trinajstić information content (AvgIpc) is 3.40. The number of rotatable bonds is 6. The van der Waals surface area contributed by atoms with E-state index in [2.05, 4.69) is 15.2 Å². The van der Waals surface area contributed by atoms with Gasteiger partial charge >= 0.3 is 0 Å². The van der Waals surface area contributed by atoms with Gasteiger partial charge in [0.2, 0.25) is 5.91 Å². The van der Waals surface area contributed by atoms with Crippen molar-refractivity contribution in [3.63, 3.8) is 0 Å². The van der Waals surface area contributed by atoms with Crippen LogP contribution in [0.25, 0.3) is 20.9 Å². The van der Waals surface area contributed by atoms with E-state index in [1.165, 1.54) is 23.1 Å². The number of hydrogen-bond acceptors (Lipinski definition) is 7. The Labute approximate surface area is 168 Å². The summed E-state index contributed by atoms with van der Waals surface area (Å²) in [5.74, 6) is 1.13. The summed E-state index contributed by atoms with van der Waals surface area (Å²) in [6.45, 7) is 2.55. The molecule has 4 aromatic rings. The van der Waals surface area contributed by atoms with Crippen molar-refractivity contribution in [1.29, 1.82) is 0 Å². The van der Waals surface area contributed by atoms with Crippen LogP contribution in [0.4, 0.5) is 5.13 Å². The highest BCUT2D eigenvalue weighted by Gasteiger charge is 2.20. The number of carbonyl (C=O) groups excluding carboxylic acids is 1. The summed E-state index contributed by atoms with van der Waals surface area (Å²) in [6, 6.07) is 11.9. The van der Waals surface area contributed by atoms with Crippen molar-refractivity contribution in [3.05, 3.63) is 41.8 Å². The van der Waals surface area contributed by atoms with Crippen molar-refractivity contribution in [2.45, 2.75) is 12.1 Å². The third-order valence-electron chi connectivity index (χ3n) is 4.03. The van der Waals surface area contributed by atoms with Crippen molar-refractivity contribution < 1.29 is 4.79 Å². The minimum Gasteiger partial charge on any atom is -0.304 e. The molecule has 1 aromatic carbocycles. The number of nitrogens with zero attached hydrogens (tertiary/aromatic N) is 5. The van der Waals surface area contributed by atoms with Gasteiger partial charge in [0.25, 0.3) is 0 Å². The highest BCUT2D eigenvalue weighted by Crippen LogP contribution is 2.30. The molecule has 1 amide bonds. The second-order valence-electron chi connectivity index (χ2n) is 5.73. The zero-order chi connectivity index (χ0) is 18.8. The van der Waals surface area contributed by atoms with Gasteiger partial charge in [-0.1, -0.05) is 41.3 Å². The molecule has 0 spiro atoms. The molecule has 3 aromatic heterocycles. The third-order valence-corrected chi connectivity index (χ3v) is 6.96. The molecule has 4 rings (SSSR count). The lowest BCUT2D eigenvalue weighted by Gasteiger charge is -2.17. The van der Waals surface area contributed by atoms with Crippen LogP contribution in [0.3, 0.4) is 0 Å². The first-order chi connectivity index (χ1) is 13.2. The van der Waals surface area contributed by atoms with Crippen molar-refractivity contribution >= 4 is 55.7 Å². The molecule has 0 N–H and O–H groups in total. The van der Waals surface area contributed by atoms with Crippen LogP contribution in [0, 0.1) is 0 Å².